The number of benzene rings is 2. The zero-order valence-corrected chi connectivity index (χ0v) is 11.1. The van der Waals surface area contributed by atoms with Gasteiger partial charge in [0.25, 0.3) is 0 Å². The summed E-state index contributed by atoms with van der Waals surface area (Å²) in [5.74, 6) is -0.316. The molecule has 1 heterocycles. The van der Waals surface area contributed by atoms with Crippen molar-refractivity contribution in [2.24, 2.45) is 0 Å². The minimum absolute atomic E-state index is 0.0688. The average Bonchev–Trinajstić information content (AvgIpc) is 2.96. The minimum atomic E-state index is -1.09. The lowest BCUT2D eigenvalue weighted by atomic mass is 10.1. The lowest BCUT2D eigenvalue weighted by Crippen LogP contribution is -2.08. The summed E-state index contributed by atoms with van der Waals surface area (Å²) in [5, 5.41) is 18.3. The molecule has 1 aromatic heterocycles. The van der Waals surface area contributed by atoms with Gasteiger partial charge in [-0.25, -0.2) is 9.48 Å². The molecule has 2 aromatic carbocycles. The van der Waals surface area contributed by atoms with Gasteiger partial charge in [-0.1, -0.05) is 35.5 Å². The quantitative estimate of drug-likeness (QED) is 0.776. The van der Waals surface area contributed by atoms with Crippen LogP contribution in [0.2, 0.25) is 0 Å². The monoisotopic (exact) mass is 283 g/mol. The molecule has 106 valence electrons. The van der Waals surface area contributed by atoms with E-state index in [0.29, 0.717) is 13.2 Å². The SMILES string of the molecule is O=C(O)c1cn(CCOc2ccc3ccccc3c2)nn1. The van der Waals surface area contributed by atoms with Gasteiger partial charge in [-0.2, -0.15) is 0 Å². The molecule has 0 fully saturated rings. The molecule has 0 saturated heterocycles. The van der Waals surface area contributed by atoms with E-state index >= 15 is 0 Å². The fourth-order valence-corrected chi connectivity index (χ4v) is 2.02. The van der Waals surface area contributed by atoms with Crippen molar-refractivity contribution in [2.75, 3.05) is 6.61 Å². The second-order valence-electron chi connectivity index (χ2n) is 4.53. The van der Waals surface area contributed by atoms with Crippen LogP contribution in [0.15, 0.2) is 48.7 Å². The van der Waals surface area contributed by atoms with Gasteiger partial charge in [-0.15, -0.1) is 5.10 Å². The highest BCUT2D eigenvalue weighted by atomic mass is 16.5. The van der Waals surface area contributed by atoms with Crippen molar-refractivity contribution >= 4 is 16.7 Å². The van der Waals surface area contributed by atoms with Gasteiger partial charge in [-0.05, 0) is 22.9 Å². The molecule has 0 aliphatic carbocycles. The molecule has 0 unspecified atom stereocenters. The largest absolute Gasteiger partial charge is 0.492 e. The van der Waals surface area contributed by atoms with Gasteiger partial charge >= 0.3 is 5.97 Å². The normalized spacial score (nSPS) is 10.7. The van der Waals surface area contributed by atoms with Crippen LogP contribution >= 0.6 is 0 Å². The van der Waals surface area contributed by atoms with Crippen LogP contribution in [0, 0.1) is 0 Å². The molecule has 21 heavy (non-hydrogen) atoms. The summed E-state index contributed by atoms with van der Waals surface area (Å²) < 4.78 is 7.10. The number of rotatable bonds is 5. The first-order valence-corrected chi connectivity index (χ1v) is 6.47. The number of hydrogen-bond donors (Lipinski definition) is 1. The Morgan fingerprint density at radius 3 is 2.76 bits per heavy atom. The van der Waals surface area contributed by atoms with Crippen molar-refractivity contribution in [3.05, 3.63) is 54.4 Å². The minimum Gasteiger partial charge on any atom is -0.492 e. The lowest BCUT2D eigenvalue weighted by molar-refractivity contribution is 0.0690. The Kier molecular flexibility index (Phi) is 3.51. The number of carboxylic acids is 1. The van der Waals surface area contributed by atoms with E-state index in [4.69, 9.17) is 9.84 Å². The third-order valence-corrected chi connectivity index (χ3v) is 3.07. The van der Waals surface area contributed by atoms with Gasteiger partial charge in [0.05, 0.1) is 12.7 Å². The van der Waals surface area contributed by atoms with Crippen LogP contribution in [-0.2, 0) is 6.54 Å². The zero-order chi connectivity index (χ0) is 14.7. The smallest absolute Gasteiger partial charge is 0.358 e. The summed E-state index contributed by atoms with van der Waals surface area (Å²) in [6, 6.07) is 13.9. The van der Waals surface area contributed by atoms with Gasteiger partial charge < -0.3 is 9.84 Å². The predicted octanol–water partition coefficient (Wildman–Crippen LogP) is 2.21. The number of carboxylic acid groups (broad SMARTS) is 1. The molecule has 0 bridgehead atoms. The topological polar surface area (TPSA) is 77.2 Å². The zero-order valence-electron chi connectivity index (χ0n) is 11.1. The Morgan fingerprint density at radius 2 is 2.00 bits per heavy atom. The Labute approximate surface area is 120 Å². The number of nitrogens with zero attached hydrogens (tertiary/aromatic N) is 3. The summed E-state index contributed by atoms with van der Waals surface area (Å²) in [7, 11) is 0. The van der Waals surface area contributed by atoms with E-state index in [1.165, 1.54) is 10.9 Å². The Balaban J connectivity index is 1.62. The molecule has 3 aromatic rings. The molecular formula is C15H13N3O3. The van der Waals surface area contributed by atoms with Crippen LogP contribution in [0.25, 0.3) is 10.8 Å². The Morgan fingerprint density at radius 1 is 1.19 bits per heavy atom. The van der Waals surface area contributed by atoms with E-state index in [2.05, 4.69) is 10.3 Å². The molecule has 6 heteroatoms. The van der Waals surface area contributed by atoms with Gasteiger partial charge in [-0.3, -0.25) is 0 Å². The molecule has 3 rings (SSSR count). The van der Waals surface area contributed by atoms with Crippen LogP contribution in [-0.4, -0.2) is 32.7 Å². The van der Waals surface area contributed by atoms with Crippen molar-refractivity contribution in [3.63, 3.8) is 0 Å². The summed E-state index contributed by atoms with van der Waals surface area (Å²) >= 11 is 0. The predicted molar refractivity (Wildman–Crippen MR) is 76.4 cm³/mol. The van der Waals surface area contributed by atoms with Gasteiger partial charge in [0.2, 0.25) is 0 Å². The van der Waals surface area contributed by atoms with Gasteiger partial charge in [0.15, 0.2) is 5.69 Å². The molecule has 0 aliphatic heterocycles. The average molecular weight is 283 g/mol. The maximum Gasteiger partial charge on any atom is 0.358 e. The van der Waals surface area contributed by atoms with Crippen LogP contribution in [0.1, 0.15) is 10.5 Å². The first-order valence-electron chi connectivity index (χ1n) is 6.47. The molecule has 0 amide bonds. The maximum absolute atomic E-state index is 10.7. The van der Waals surface area contributed by atoms with E-state index in [0.717, 1.165) is 16.5 Å². The van der Waals surface area contributed by atoms with E-state index in [1.54, 1.807) is 0 Å². The fraction of sp³-hybridized carbons (Fsp3) is 0.133. The number of ether oxygens (including phenoxy) is 1. The molecular weight excluding hydrogens is 270 g/mol. The maximum atomic E-state index is 10.7. The summed E-state index contributed by atoms with van der Waals surface area (Å²) in [4.78, 5) is 10.7. The van der Waals surface area contributed by atoms with Crippen LogP contribution in [0.3, 0.4) is 0 Å². The van der Waals surface area contributed by atoms with Crippen molar-refractivity contribution in [1.29, 1.82) is 0 Å². The highest BCUT2D eigenvalue weighted by Gasteiger charge is 2.07. The summed E-state index contributed by atoms with van der Waals surface area (Å²) in [5.41, 5.74) is -0.0688. The number of carbonyl (C=O) groups is 1. The molecule has 1 N–H and O–H groups in total. The second-order valence-corrected chi connectivity index (χ2v) is 4.53. The highest BCUT2D eigenvalue weighted by Crippen LogP contribution is 2.20. The van der Waals surface area contributed by atoms with Crippen LogP contribution in [0.4, 0.5) is 0 Å². The molecule has 0 saturated carbocycles. The van der Waals surface area contributed by atoms with Crippen molar-refractivity contribution < 1.29 is 14.6 Å². The molecule has 6 nitrogen and oxygen atoms in total. The molecule has 0 radical (unpaired) electrons. The first kappa shape index (κ1) is 13.1. The van der Waals surface area contributed by atoms with E-state index < -0.39 is 5.97 Å². The second kappa shape index (κ2) is 5.62. The fourth-order valence-electron chi connectivity index (χ4n) is 2.02. The molecule has 0 atom stereocenters. The van der Waals surface area contributed by atoms with E-state index in [9.17, 15) is 4.79 Å². The van der Waals surface area contributed by atoms with Crippen molar-refractivity contribution in [1.82, 2.24) is 15.0 Å². The van der Waals surface area contributed by atoms with Crippen molar-refractivity contribution in [3.8, 4) is 5.75 Å². The standard InChI is InChI=1S/C15H13N3O3/c19-15(20)14-10-18(17-16-14)7-8-21-13-6-5-11-3-1-2-4-12(11)9-13/h1-6,9-10H,7-8H2,(H,19,20). The number of fused-ring (bicyclic) bond motifs is 1. The van der Waals surface area contributed by atoms with Crippen LogP contribution in [0.5, 0.6) is 5.75 Å². The highest BCUT2D eigenvalue weighted by molar-refractivity contribution is 5.84. The summed E-state index contributed by atoms with van der Waals surface area (Å²) in [6.45, 7) is 0.827. The Bertz CT molecular complexity index is 782. The summed E-state index contributed by atoms with van der Waals surface area (Å²) in [6.07, 6.45) is 1.38. The van der Waals surface area contributed by atoms with Gasteiger partial charge in [0.1, 0.15) is 12.4 Å². The van der Waals surface area contributed by atoms with E-state index in [-0.39, 0.29) is 5.69 Å². The molecule has 0 aliphatic rings. The first-order chi connectivity index (χ1) is 10.2. The third-order valence-electron chi connectivity index (χ3n) is 3.07. The number of aromatic carboxylic acids is 1. The van der Waals surface area contributed by atoms with E-state index in [1.807, 2.05) is 42.5 Å². The molecule has 0 spiro atoms. The number of hydrogen-bond acceptors (Lipinski definition) is 4. The van der Waals surface area contributed by atoms with Gasteiger partial charge in [0, 0.05) is 0 Å². The third kappa shape index (κ3) is 3.00. The lowest BCUT2D eigenvalue weighted by Gasteiger charge is -2.07. The van der Waals surface area contributed by atoms with Crippen molar-refractivity contribution in [2.45, 2.75) is 6.54 Å². The number of aromatic nitrogens is 3. The Hall–Kier alpha value is -2.89. The van der Waals surface area contributed by atoms with Crippen LogP contribution < -0.4 is 4.74 Å².